The van der Waals surface area contributed by atoms with Gasteiger partial charge in [-0.2, -0.15) is 0 Å². The van der Waals surface area contributed by atoms with Gasteiger partial charge in [-0.3, -0.25) is 0 Å². The summed E-state index contributed by atoms with van der Waals surface area (Å²) in [6.45, 7) is 9.91. The first kappa shape index (κ1) is 13.2. The normalized spacial score (nSPS) is 12.1. The molecule has 1 aromatic heterocycles. The Hall–Kier alpha value is 0.140. The molecular weight excluding hydrogens is 270 g/mol. The molecule has 1 aromatic rings. The summed E-state index contributed by atoms with van der Waals surface area (Å²) in [6, 6.07) is 2.22. The maximum atomic E-state index is 3.64. The van der Waals surface area contributed by atoms with Gasteiger partial charge in [0.15, 0.2) is 0 Å². The van der Waals surface area contributed by atoms with E-state index < -0.39 is 0 Å². The summed E-state index contributed by atoms with van der Waals surface area (Å²) in [7, 11) is 0. The van der Waals surface area contributed by atoms with Crippen LogP contribution in [-0.2, 0) is 6.54 Å². The fourth-order valence-electron chi connectivity index (χ4n) is 1.41. The van der Waals surface area contributed by atoms with E-state index in [2.05, 4.69) is 55.0 Å². The van der Waals surface area contributed by atoms with Crippen molar-refractivity contribution in [1.82, 2.24) is 5.32 Å². The van der Waals surface area contributed by atoms with E-state index in [9.17, 15) is 0 Å². The highest BCUT2D eigenvalue weighted by Crippen LogP contribution is 2.27. The minimum Gasteiger partial charge on any atom is -0.307 e. The van der Waals surface area contributed by atoms with Crippen molar-refractivity contribution in [2.45, 2.75) is 52.6 Å². The molecule has 0 spiro atoms. The van der Waals surface area contributed by atoms with Gasteiger partial charge in [-0.25, -0.2) is 0 Å². The number of thiophene rings is 1. The third-order valence-corrected chi connectivity index (χ3v) is 5.29. The zero-order chi connectivity index (χ0) is 11.5. The fourth-order valence-corrected chi connectivity index (χ4v) is 2.95. The molecule has 0 amide bonds. The van der Waals surface area contributed by atoms with Crippen molar-refractivity contribution in [3.63, 3.8) is 0 Å². The first-order valence-electron chi connectivity index (χ1n) is 5.50. The number of halogens is 1. The van der Waals surface area contributed by atoms with Crippen LogP contribution in [0.2, 0.25) is 0 Å². The Labute approximate surface area is 105 Å². The fraction of sp³-hybridized carbons (Fsp3) is 0.667. The molecule has 1 rings (SSSR count). The molecule has 1 heterocycles. The Bertz CT molecular complexity index is 296. The lowest BCUT2D eigenvalue weighted by Crippen LogP contribution is -2.40. The van der Waals surface area contributed by atoms with Crippen molar-refractivity contribution in [3.8, 4) is 0 Å². The lowest BCUT2D eigenvalue weighted by molar-refractivity contribution is 0.330. The topological polar surface area (TPSA) is 12.0 Å². The molecule has 86 valence electrons. The summed E-state index contributed by atoms with van der Waals surface area (Å²) in [6.07, 6.45) is 2.35. The average Bonchev–Trinajstić information content (AvgIpc) is 2.55. The number of nitrogens with one attached hydrogen (secondary N) is 1. The maximum absolute atomic E-state index is 3.64. The second-order valence-corrected chi connectivity index (χ2v) is 6.43. The quantitative estimate of drug-likeness (QED) is 0.842. The second-order valence-electron chi connectivity index (χ2n) is 4.24. The second kappa shape index (κ2) is 5.46. The maximum Gasteiger partial charge on any atom is 0.0314 e. The van der Waals surface area contributed by atoms with Crippen molar-refractivity contribution in [3.05, 3.63) is 20.3 Å². The van der Waals surface area contributed by atoms with E-state index in [1.807, 2.05) is 11.3 Å². The Morgan fingerprint density at radius 3 is 2.40 bits per heavy atom. The summed E-state index contributed by atoms with van der Waals surface area (Å²) in [5, 5.41) is 3.64. The van der Waals surface area contributed by atoms with E-state index in [0.717, 1.165) is 6.54 Å². The molecule has 0 aliphatic heterocycles. The zero-order valence-corrected chi connectivity index (χ0v) is 12.4. The van der Waals surface area contributed by atoms with Gasteiger partial charge in [0.05, 0.1) is 0 Å². The molecule has 3 heteroatoms. The van der Waals surface area contributed by atoms with E-state index in [4.69, 9.17) is 0 Å². The summed E-state index contributed by atoms with van der Waals surface area (Å²) in [4.78, 5) is 2.77. The van der Waals surface area contributed by atoms with Crippen LogP contribution in [0.3, 0.4) is 0 Å². The highest BCUT2D eigenvalue weighted by atomic mass is 79.9. The number of hydrogen-bond donors (Lipinski definition) is 1. The Kier molecular flexibility index (Phi) is 4.81. The molecule has 0 atom stereocenters. The molecule has 0 radical (unpaired) electrons. The van der Waals surface area contributed by atoms with Gasteiger partial charge in [0.25, 0.3) is 0 Å². The molecule has 0 unspecified atom stereocenters. The molecule has 15 heavy (non-hydrogen) atoms. The molecule has 1 N–H and O–H groups in total. The molecular formula is C12H20BrNS. The predicted octanol–water partition coefficient (Wildman–Crippen LogP) is 4.49. The summed E-state index contributed by atoms with van der Waals surface area (Å²) < 4.78 is 1.24. The van der Waals surface area contributed by atoms with Crippen LogP contribution in [0.25, 0.3) is 0 Å². The van der Waals surface area contributed by atoms with E-state index in [0.29, 0.717) is 0 Å². The van der Waals surface area contributed by atoms with Gasteiger partial charge < -0.3 is 5.32 Å². The van der Waals surface area contributed by atoms with Crippen LogP contribution in [0.5, 0.6) is 0 Å². The molecule has 0 bridgehead atoms. The van der Waals surface area contributed by atoms with Crippen molar-refractivity contribution in [2.75, 3.05) is 0 Å². The van der Waals surface area contributed by atoms with Crippen LogP contribution in [0.1, 0.15) is 43.4 Å². The van der Waals surface area contributed by atoms with E-state index in [1.54, 1.807) is 0 Å². The molecule has 0 saturated carbocycles. The lowest BCUT2D eigenvalue weighted by Gasteiger charge is -2.28. The lowest BCUT2D eigenvalue weighted by atomic mass is 9.96. The molecule has 0 aromatic carbocycles. The van der Waals surface area contributed by atoms with Crippen LogP contribution in [0, 0.1) is 6.92 Å². The summed E-state index contributed by atoms with van der Waals surface area (Å²) >= 11 is 5.42. The minimum atomic E-state index is 0.282. The smallest absolute Gasteiger partial charge is 0.0314 e. The predicted molar refractivity (Wildman–Crippen MR) is 72.6 cm³/mol. The van der Waals surface area contributed by atoms with Crippen molar-refractivity contribution in [1.29, 1.82) is 0 Å². The Balaban J connectivity index is 2.56. The van der Waals surface area contributed by atoms with Crippen molar-refractivity contribution >= 4 is 27.3 Å². The van der Waals surface area contributed by atoms with Gasteiger partial charge >= 0.3 is 0 Å². The van der Waals surface area contributed by atoms with Crippen LogP contribution in [0.15, 0.2) is 10.5 Å². The third-order valence-electron chi connectivity index (χ3n) is 3.16. The monoisotopic (exact) mass is 289 g/mol. The van der Waals surface area contributed by atoms with Crippen LogP contribution >= 0.6 is 27.3 Å². The number of hydrogen-bond acceptors (Lipinski definition) is 2. The number of aryl methyl sites for hydroxylation is 1. The molecule has 0 aliphatic carbocycles. The highest BCUT2D eigenvalue weighted by Gasteiger charge is 2.18. The molecule has 1 nitrogen and oxygen atoms in total. The minimum absolute atomic E-state index is 0.282. The molecule has 0 saturated heterocycles. The Morgan fingerprint density at radius 2 is 2.00 bits per heavy atom. The summed E-state index contributed by atoms with van der Waals surface area (Å²) in [5.41, 5.74) is 0.282. The SMILES string of the molecule is CCC(C)(CC)NCc1cc(Br)c(C)s1. The van der Waals surface area contributed by atoms with E-state index >= 15 is 0 Å². The van der Waals surface area contributed by atoms with E-state index in [-0.39, 0.29) is 5.54 Å². The highest BCUT2D eigenvalue weighted by molar-refractivity contribution is 9.10. The summed E-state index contributed by atoms with van der Waals surface area (Å²) in [5.74, 6) is 0. The Morgan fingerprint density at radius 1 is 1.40 bits per heavy atom. The molecule has 0 fully saturated rings. The first-order chi connectivity index (χ1) is 7.00. The van der Waals surface area contributed by atoms with Crippen molar-refractivity contribution in [2.24, 2.45) is 0 Å². The average molecular weight is 290 g/mol. The van der Waals surface area contributed by atoms with Crippen LogP contribution in [-0.4, -0.2) is 5.54 Å². The standard InChI is InChI=1S/C12H20BrNS/c1-5-12(4,6-2)14-8-10-7-11(13)9(3)15-10/h7,14H,5-6,8H2,1-4H3. The van der Waals surface area contributed by atoms with Crippen LogP contribution < -0.4 is 5.32 Å². The van der Waals surface area contributed by atoms with Gasteiger partial charge in [-0.1, -0.05) is 13.8 Å². The van der Waals surface area contributed by atoms with Gasteiger partial charge in [-0.15, -0.1) is 11.3 Å². The molecule has 0 aliphatic rings. The van der Waals surface area contributed by atoms with Gasteiger partial charge in [-0.05, 0) is 48.7 Å². The first-order valence-corrected chi connectivity index (χ1v) is 7.11. The van der Waals surface area contributed by atoms with Gasteiger partial charge in [0, 0.05) is 26.3 Å². The number of rotatable bonds is 5. The van der Waals surface area contributed by atoms with Crippen molar-refractivity contribution < 1.29 is 0 Å². The van der Waals surface area contributed by atoms with Gasteiger partial charge in [0.1, 0.15) is 0 Å². The van der Waals surface area contributed by atoms with Gasteiger partial charge in [0.2, 0.25) is 0 Å². The zero-order valence-electron chi connectivity index (χ0n) is 9.98. The third kappa shape index (κ3) is 3.58. The van der Waals surface area contributed by atoms with Crippen LogP contribution in [0.4, 0.5) is 0 Å². The van der Waals surface area contributed by atoms with E-state index in [1.165, 1.54) is 27.1 Å². The largest absolute Gasteiger partial charge is 0.307 e.